The van der Waals surface area contributed by atoms with E-state index in [9.17, 15) is 19.5 Å². The second-order valence-corrected chi connectivity index (χ2v) is 7.48. The van der Waals surface area contributed by atoms with E-state index >= 15 is 0 Å². The van der Waals surface area contributed by atoms with Crippen molar-refractivity contribution in [3.05, 3.63) is 95.6 Å². The first-order chi connectivity index (χ1) is 16.0. The van der Waals surface area contributed by atoms with Crippen LogP contribution in [0.5, 0.6) is 11.5 Å². The number of rotatable bonds is 7. The zero-order valence-electron chi connectivity index (χ0n) is 17.6. The molecule has 4 rings (SSSR count). The number of aliphatic carboxylic acids is 1. The van der Waals surface area contributed by atoms with Gasteiger partial charge in [0.05, 0.1) is 12.5 Å². The van der Waals surface area contributed by atoms with Crippen LogP contribution >= 0.6 is 0 Å². The largest absolute Gasteiger partial charge is 0.480 e. The fourth-order valence-electron chi connectivity index (χ4n) is 3.58. The molecule has 33 heavy (non-hydrogen) atoms. The molecule has 8 nitrogen and oxygen atoms in total. The summed E-state index contributed by atoms with van der Waals surface area (Å²) in [4.78, 5) is 36.5. The smallest absolute Gasteiger partial charge is 0.408 e. The molecule has 1 atom stereocenters. The zero-order valence-corrected chi connectivity index (χ0v) is 17.6. The number of para-hydroxylation sites is 2. The van der Waals surface area contributed by atoms with Gasteiger partial charge in [0.1, 0.15) is 24.1 Å². The van der Waals surface area contributed by atoms with Crippen LogP contribution in [0.2, 0.25) is 0 Å². The number of hydrogen-bond acceptors (Lipinski definition) is 5. The summed E-state index contributed by atoms with van der Waals surface area (Å²) in [5.74, 6) is -0.658. The molecule has 2 amide bonds. The number of carboxylic acid groups (broad SMARTS) is 1. The Labute approximate surface area is 190 Å². The number of alkyl carbamates (subject to hydrolysis) is 1. The van der Waals surface area contributed by atoms with Crippen molar-refractivity contribution >= 4 is 18.0 Å². The quantitative estimate of drug-likeness (QED) is 0.509. The topological polar surface area (TPSA) is 114 Å². The van der Waals surface area contributed by atoms with Crippen molar-refractivity contribution in [2.45, 2.75) is 25.1 Å². The predicted octanol–water partition coefficient (Wildman–Crippen LogP) is 3.77. The molecule has 168 valence electrons. The van der Waals surface area contributed by atoms with Gasteiger partial charge in [-0.3, -0.25) is 4.79 Å². The Morgan fingerprint density at radius 2 is 1.45 bits per heavy atom. The standard InChI is InChI=1S/C25H22N2O6/c28-22(14-19(24(29)30)26-25(31)32-15-16-8-2-1-3-9-16)27-23-17-10-4-6-12-20(17)33-21-13-7-5-11-18(21)23/h1-13,19,23H,14-15H2,(H,26,31)(H,27,28)(H,29,30)/t19-/m1/s1. The van der Waals surface area contributed by atoms with E-state index in [-0.39, 0.29) is 6.61 Å². The van der Waals surface area contributed by atoms with Crippen LogP contribution in [0.4, 0.5) is 4.79 Å². The van der Waals surface area contributed by atoms with Gasteiger partial charge in [0.15, 0.2) is 0 Å². The lowest BCUT2D eigenvalue weighted by Gasteiger charge is -2.29. The molecule has 0 unspecified atom stereocenters. The number of benzene rings is 3. The van der Waals surface area contributed by atoms with Crippen molar-refractivity contribution in [1.29, 1.82) is 0 Å². The zero-order chi connectivity index (χ0) is 23.2. The minimum absolute atomic E-state index is 0.0130. The fraction of sp³-hybridized carbons (Fsp3) is 0.160. The summed E-state index contributed by atoms with van der Waals surface area (Å²) in [6.07, 6.45) is -1.38. The monoisotopic (exact) mass is 446 g/mol. The van der Waals surface area contributed by atoms with Gasteiger partial charge < -0.3 is 25.2 Å². The van der Waals surface area contributed by atoms with Gasteiger partial charge >= 0.3 is 12.1 Å². The van der Waals surface area contributed by atoms with Crippen LogP contribution < -0.4 is 15.4 Å². The van der Waals surface area contributed by atoms with Crippen molar-refractivity contribution in [3.63, 3.8) is 0 Å². The summed E-state index contributed by atoms with van der Waals surface area (Å²) in [6.45, 7) is -0.0130. The van der Waals surface area contributed by atoms with Gasteiger partial charge in [-0.15, -0.1) is 0 Å². The van der Waals surface area contributed by atoms with Gasteiger partial charge in [0, 0.05) is 11.1 Å². The highest BCUT2D eigenvalue weighted by Gasteiger charge is 2.30. The molecule has 0 aromatic heterocycles. The van der Waals surface area contributed by atoms with Crippen LogP contribution in [0.25, 0.3) is 0 Å². The van der Waals surface area contributed by atoms with Crippen LogP contribution in [0.1, 0.15) is 29.2 Å². The summed E-state index contributed by atoms with van der Waals surface area (Å²) in [5, 5.41) is 14.6. The number of amides is 2. The van der Waals surface area contributed by atoms with Gasteiger partial charge in [-0.2, -0.15) is 0 Å². The number of ether oxygens (including phenoxy) is 2. The van der Waals surface area contributed by atoms with Gasteiger partial charge in [-0.1, -0.05) is 66.7 Å². The lowest BCUT2D eigenvalue weighted by Crippen LogP contribution is -2.45. The number of fused-ring (bicyclic) bond motifs is 2. The third kappa shape index (κ3) is 5.30. The molecule has 0 saturated heterocycles. The van der Waals surface area contributed by atoms with Gasteiger partial charge in [0.25, 0.3) is 0 Å². The minimum atomic E-state index is -1.45. The molecule has 8 heteroatoms. The van der Waals surface area contributed by atoms with Crippen LogP contribution in [0, 0.1) is 0 Å². The number of carboxylic acids is 1. The molecule has 3 aromatic carbocycles. The van der Waals surface area contributed by atoms with Crippen molar-refractivity contribution in [2.24, 2.45) is 0 Å². The maximum atomic E-state index is 12.8. The summed E-state index contributed by atoms with van der Waals surface area (Å²) >= 11 is 0. The first-order valence-electron chi connectivity index (χ1n) is 10.4. The molecule has 1 heterocycles. The molecule has 0 bridgehead atoms. The van der Waals surface area contributed by atoms with Gasteiger partial charge in [0.2, 0.25) is 5.91 Å². The van der Waals surface area contributed by atoms with Gasteiger partial charge in [-0.25, -0.2) is 9.59 Å². The van der Waals surface area contributed by atoms with Crippen molar-refractivity contribution in [3.8, 4) is 11.5 Å². The normalized spacial score (nSPS) is 13.0. The lowest BCUT2D eigenvalue weighted by atomic mass is 9.94. The highest BCUT2D eigenvalue weighted by atomic mass is 16.5. The summed E-state index contributed by atoms with van der Waals surface area (Å²) < 4.78 is 11.0. The number of hydrogen-bond donors (Lipinski definition) is 3. The summed E-state index contributed by atoms with van der Waals surface area (Å²) in [5.41, 5.74) is 2.27. The molecular weight excluding hydrogens is 424 g/mol. The third-order valence-corrected chi connectivity index (χ3v) is 5.18. The molecule has 3 aromatic rings. The van der Waals surface area contributed by atoms with Crippen molar-refractivity contribution < 1.29 is 29.0 Å². The van der Waals surface area contributed by atoms with Crippen molar-refractivity contribution in [1.82, 2.24) is 10.6 Å². The van der Waals surface area contributed by atoms with Gasteiger partial charge in [-0.05, 0) is 17.7 Å². The maximum Gasteiger partial charge on any atom is 0.408 e. The predicted molar refractivity (Wildman–Crippen MR) is 119 cm³/mol. The van der Waals surface area contributed by atoms with E-state index in [1.165, 1.54) is 0 Å². The number of carbonyl (C=O) groups is 3. The Bertz CT molecular complexity index is 1120. The van der Waals surface area contributed by atoms with E-state index in [0.29, 0.717) is 11.5 Å². The van der Waals surface area contributed by atoms with Crippen LogP contribution in [-0.4, -0.2) is 29.1 Å². The van der Waals surface area contributed by atoms with E-state index < -0.39 is 36.5 Å². The fourth-order valence-corrected chi connectivity index (χ4v) is 3.58. The Morgan fingerprint density at radius 3 is 2.06 bits per heavy atom. The Kier molecular flexibility index (Phi) is 6.54. The maximum absolute atomic E-state index is 12.8. The second kappa shape index (κ2) is 9.86. The van der Waals surface area contributed by atoms with Crippen LogP contribution in [0.15, 0.2) is 78.9 Å². The summed E-state index contributed by atoms with van der Waals surface area (Å²) in [7, 11) is 0. The van der Waals surface area contributed by atoms with E-state index in [2.05, 4.69) is 10.6 Å². The third-order valence-electron chi connectivity index (χ3n) is 5.18. The molecule has 0 radical (unpaired) electrons. The Hall–Kier alpha value is -4.33. The van der Waals surface area contributed by atoms with E-state index in [4.69, 9.17) is 9.47 Å². The molecule has 1 aliphatic rings. The molecular formula is C25H22N2O6. The van der Waals surface area contributed by atoms with Crippen molar-refractivity contribution in [2.75, 3.05) is 0 Å². The van der Waals surface area contributed by atoms with E-state index in [1.807, 2.05) is 42.5 Å². The Morgan fingerprint density at radius 1 is 0.879 bits per heavy atom. The molecule has 1 aliphatic heterocycles. The molecule has 0 saturated carbocycles. The number of carbonyl (C=O) groups excluding carboxylic acids is 2. The molecule has 0 spiro atoms. The van der Waals surface area contributed by atoms with E-state index in [0.717, 1.165) is 16.7 Å². The highest BCUT2D eigenvalue weighted by Crippen LogP contribution is 2.42. The summed E-state index contributed by atoms with van der Waals surface area (Å²) in [6, 6.07) is 21.6. The van der Waals surface area contributed by atoms with Crippen LogP contribution in [0.3, 0.4) is 0 Å². The lowest BCUT2D eigenvalue weighted by molar-refractivity contribution is -0.141. The highest BCUT2D eigenvalue weighted by molar-refractivity contribution is 5.87. The first kappa shape index (κ1) is 21.9. The van der Waals surface area contributed by atoms with E-state index in [1.54, 1.807) is 36.4 Å². The van der Waals surface area contributed by atoms with Crippen LogP contribution in [-0.2, 0) is 20.9 Å². The average molecular weight is 446 g/mol. The number of nitrogens with one attached hydrogen (secondary N) is 2. The minimum Gasteiger partial charge on any atom is -0.480 e. The molecule has 0 aliphatic carbocycles. The average Bonchev–Trinajstić information content (AvgIpc) is 2.83. The Balaban J connectivity index is 1.41. The first-order valence-corrected chi connectivity index (χ1v) is 10.4. The molecule has 3 N–H and O–H groups in total. The molecule has 0 fully saturated rings. The SMILES string of the molecule is O=C(C[C@@H](NC(=O)OCc1ccccc1)C(=O)O)NC1c2ccccc2Oc2ccccc21. The second-order valence-electron chi connectivity index (χ2n) is 7.48.